The first-order valence-electron chi connectivity index (χ1n) is 10.5. The van der Waals surface area contributed by atoms with E-state index in [2.05, 4.69) is 17.0 Å². The summed E-state index contributed by atoms with van der Waals surface area (Å²) < 4.78 is 5.43. The minimum absolute atomic E-state index is 0.147. The Kier molecular flexibility index (Phi) is 6.50. The van der Waals surface area contributed by atoms with Crippen molar-refractivity contribution in [2.24, 2.45) is 15.9 Å². The van der Waals surface area contributed by atoms with Crippen molar-refractivity contribution < 1.29 is 9.53 Å². The molecule has 0 aromatic heterocycles. The number of aliphatic imine (C=N–C) groups is 1. The van der Waals surface area contributed by atoms with Gasteiger partial charge in [-0.25, -0.2) is 4.79 Å². The number of benzodiazepines with no additional fused rings is 1. The van der Waals surface area contributed by atoms with Gasteiger partial charge in [0.05, 0.1) is 17.1 Å². The standard InChI is InChI=1S/C26H25N5O2/c1-18-25(29-26(32)33-17-20-11-5-3-6-12-20)28-24(21-13-7-4-8-14-21)22-15-9-10-16-23(22)31(18)19(2)30-27/h3-16,25H,1,17,27H2,2H3,(H,29,32)/b30-19-. The second kappa shape index (κ2) is 9.82. The lowest BCUT2D eigenvalue weighted by Gasteiger charge is -2.28. The predicted octanol–water partition coefficient (Wildman–Crippen LogP) is 4.40. The number of carbonyl (C=O) groups excluding carboxylic acids is 1. The van der Waals surface area contributed by atoms with Gasteiger partial charge in [-0.2, -0.15) is 5.10 Å². The highest BCUT2D eigenvalue weighted by atomic mass is 16.5. The first kappa shape index (κ1) is 21.8. The molecule has 7 nitrogen and oxygen atoms in total. The van der Waals surface area contributed by atoms with Crippen molar-refractivity contribution in [3.8, 4) is 0 Å². The maximum atomic E-state index is 12.7. The number of rotatable bonds is 4. The summed E-state index contributed by atoms with van der Waals surface area (Å²) in [7, 11) is 0. The Labute approximate surface area is 192 Å². The molecule has 4 rings (SSSR count). The summed E-state index contributed by atoms with van der Waals surface area (Å²) in [4.78, 5) is 19.4. The zero-order chi connectivity index (χ0) is 23.2. The molecule has 3 aromatic carbocycles. The molecule has 1 aliphatic heterocycles. The number of nitrogens with one attached hydrogen (secondary N) is 1. The molecule has 0 fully saturated rings. The normalized spacial score (nSPS) is 15.8. The van der Waals surface area contributed by atoms with E-state index in [9.17, 15) is 4.79 Å². The number of alkyl carbamates (subject to hydrolysis) is 1. The SMILES string of the molecule is C=C1C(NC(=O)OCc2ccccc2)N=C(c2ccccc2)c2ccccc2N1/C(C)=N\N. The quantitative estimate of drug-likeness (QED) is 0.273. The molecule has 0 aliphatic carbocycles. The number of carbonyl (C=O) groups is 1. The summed E-state index contributed by atoms with van der Waals surface area (Å²) in [6.07, 6.45) is -1.40. The Morgan fingerprint density at radius 1 is 1.06 bits per heavy atom. The Hall–Kier alpha value is -4.39. The van der Waals surface area contributed by atoms with Crippen molar-refractivity contribution in [2.75, 3.05) is 4.90 Å². The van der Waals surface area contributed by atoms with Gasteiger partial charge in [0.25, 0.3) is 0 Å². The van der Waals surface area contributed by atoms with Crippen molar-refractivity contribution >= 4 is 23.3 Å². The number of hydrazone groups is 1. The van der Waals surface area contributed by atoms with Gasteiger partial charge in [-0.05, 0) is 18.6 Å². The summed E-state index contributed by atoms with van der Waals surface area (Å²) >= 11 is 0. The number of hydrogen-bond donors (Lipinski definition) is 2. The van der Waals surface area contributed by atoms with Gasteiger partial charge in [0, 0.05) is 11.1 Å². The van der Waals surface area contributed by atoms with Crippen molar-refractivity contribution in [1.29, 1.82) is 0 Å². The van der Waals surface area contributed by atoms with Crippen LogP contribution in [0.15, 0.2) is 107 Å². The third kappa shape index (κ3) is 4.77. The topological polar surface area (TPSA) is 92.3 Å². The van der Waals surface area contributed by atoms with Crippen LogP contribution in [-0.4, -0.2) is 23.8 Å². The molecule has 3 aromatic rings. The third-order valence-corrected chi connectivity index (χ3v) is 5.29. The number of anilines is 1. The van der Waals surface area contributed by atoms with Gasteiger partial charge >= 0.3 is 6.09 Å². The Bertz CT molecular complexity index is 1210. The number of ether oxygens (including phenoxy) is 1. The molecule has 0 bridgehead atoms. The minimum atomic E-state index is -0.799. The first-order chi connectivity index (χ1) is 16.1. The molecule has 33 heavy (non-hydrogen) atoms. The van der Waals surface area contributed by atoms with Crippen LogP contribution in [0.4, 0.5) is 10.5 Å². The van der Waals surface area contributed by atoms with E-state index in [1.807, 2.05) is 84.9 Å². The zero-order valence-electron chi connectivity index (χ0n) is 18.3. The summed E-state index contributed by atoms with van der Waals surface area (Å²) in [6.45, 7) is 6.14. The van der Waals surface area contributed by atoms with Crippen molar-refractivity contribution in [3.63, 3.8) is 0 Å². The van der Waals surface area contributed by atoms with Crippen LogP contribution in [-0.2, 0) is 11.3 Å². The number of amides is 1. The molecule has 0 saturated carbocycles. The maximum Gasteiger partial charge on any atom is 0.409 e. The van der Waals surface area contributed by atoms with Crippen LogP contribution in [0.1, 0.15) is 23.6 Å². The van der Waals surface area contributed by atoms with Gasteiger partial charge in [-0.3, -0.25) is 15.2 Å². The Balaban J connectivity index is 1.71. The monoisotopic (exact) mass is 439 g/mol. The van der Waals surface area contributed by atoms with Gasteiger partial charge < -0.3 is 10.6 Å². The highest BCUT2D eigenvalue weighted by Gasteiger charge is 2.30. The lowest BCUT2D eigenvalue weighted by atomic mass is 10.0. The fraction of sp³-hybridized carbons (Fsp3) is 0.115. The van der Waals surface area contributed by atoms with E-state index in [-0.39, 0.29) is 6.61 Å². The van der Waals surface area contributed by atoms with E-state index in [1.54, 1.807) is 11.8 Å². The van der Waals surface area contributed by atoms with E-state index in [4.69, 9.17) is 15.6 Å². The van der Waals surface area contributed by atoms with Crippen LogP contribution >= 0.6 is 0 Å². The fourth-order valence-corrected chi connectivity index (χ4v) is 3.68. The number of amidine groups is 1. The molecular weight excluding hydrogens is 414 g/mol. The fourth-order valence-electron chi connectivity index (χ4n) is 3.68. The molecule has 1 aliphatic rings. The lowest BCUT2D eigenvalue weighted by molar-refractivity contribution is 0.137. The zero-order valence-corrected chi connectivity index (χ0v) is 18.3. The summed E-state index contributed by atoms with van der Waals surface area (Å²) in [5, 5.41) is 6.71. The van der Waals surface area contributed by atoms with Gasteiger partial charge in [0.1, 0.15) is 12.4 Å². The molecule has 0 spiro atoms. The van der Waals surface area contributed by atoms with E-state index in [0.717, 1.165) is 22.4 Å². The smallest absolute Gasteiger partial charge is 0.409 e. The van der Waals surface area contributed by atoms with Gasteiger partial charge in [-0.1, -0.05) is 85.4 Å². The van der Waals surface area contributed by atoms with Crippen LogP contribution in [0.3, 0.4) is 0 Å². The Morgan fingerprint density at radius 2 is 1.70 bits per heavy atom. The number of hydrogen-bond acceptors (Lipinski definition) is 5. The van der Waals surface area contributed by atoms with E-state index in [0.29, 0.717) is 17.2 Å². The van der Waals surface area contributed by atoms with Gasteiger partial charge in [-0.15, -0.1) is 0 Å². The second-order valence-electron chi connectivity index (χ2n) is 7.47. The van der Waals surface area contributed by atoms with Gasteiger partial charge in [0.15, 0.2) is 6.17 Å². The third-order valence-electron chi connectivity index (χ3n) is 5.29. The molecule has 1 unspecified atom stereocenters. The number of fused-ring (bicyclic) bond motifs is 1. The number of nitrogens with zero attached hydrogens (tertiary/aromatic N) is 3. The predicted molar refractivity (Wildman–Crippen MR) is 131 cm³/mol. The molecule has 0 saturated heterocycles. The summed E-state index contributed by atoms with van der Waals surface area (Å²) in [5.74, 6) is 6.15. The second-order valence-corrected chi connectivity index (χ2v) is 7.47. The van der Waals surface area contributed by atoms with Crippen LogP contribution in [0.5, 0.6) is 0 Å². The molecule has 166 valence electrons. The maximum absolute atomic E-state index is 12.7. The number of benzene rings is 3. The molecular formula is C26H25N5O2. The highest BCUT2D eigenvalue weighted by Crippen LogP contribution is 2.32. The summed E-state index contributed by atoms with van der Waals surface area (Å²) in [6, 6.07) is 27.0. The highest BCUT2D eigenvalue weighted by molar-refractivity contribution is 6.19. The van der Waals surface area contributed by atoms with Crippen molar-refractivity contribution in [1.82, 2.24) is 5.32 Å². The van der Waals surface area contributed by atoms with E-state index >= 15 is 0 Å². The lowest BCUT2D eigenvalue weighted by Crippen LogP contribution is -2.42. The first-order valence-corrected chi connectivity index (χ1v) is 10.5. The molecule has 1 amide bonds. The molecule has 0 radical (unpaired) electrons. The minimum Gasteiger partial charge on any atom is -0.445 e. The molecule has 7 heteroatoms. The molecule has 1 heterocycles. The van der Waals surface area contributed by atoms with Crippen LogP contribution in [0.25, 0.3) is 0 Å². The summed E-state index contributed by atoms with van der Waals surface area (Å²) in [5.41, 5.74) is 4.70. The average molecular weight is 440 g/mol. The molecule has 1 atom stereocenters. The Morgan fingerprint density at radius 3 is 2.39 bits per heavy atom. The van der Waals surface area contributed by atoms with Gasteiger partial charge in [0.2, 0.25) is 0 Å². The molecule has 3 N–H and O–H groups in total. The van der Waals surface area contributed by atoms with Crippen LogP contribution in [0, 0.1) is 0 Å². The van der Waals surface area contributed by atoms with Crippen molar-refractivity contribution in [3.05, 3.63) is 114 Å². The number of para-hydroxylation sites is 1. The van der Waals surface area contributed by atoms with E-state index < -0.39 is 12.3 Å². The van der Waals surface area contributed by atoms with Crippen molar-refractivity contribution in [2.45, 2.75) is 19.7 Å². The number of nitrogens with two attached hydrogens (primary N) is 1. The van der Waals surface area contributed by atoms with Crippen LogP contribution in [0.2, 0.25) is 0 Å². The largest absolute Gasteiger partial charge is 0.445 e. The van der Waals surface area contributed by atoms with E-state index in [1.165, 1.54) is 0 Å². The average Bonchev–Trinajstić information content (AvgIpc) is 2.98. The van der Waals surface area contributed by atoms with Crippen LogP contribution < -0.4 is 16.1 Å².